The van der Waals surface area contributed by atoms with Gasteiger partial charge in [-0.25, -0.2) is 0 Å². The number of carbonyl (C=O) groups is 2. The first-order chi connectivity index (χ1) is 8.29. The van der Waals surface area contributed by atoms with E-state index in [1.54, 1.807) is 20.9 Å². The van der Waals surface area contributed by atoms with Gasteiger partial charge in [0, 0.05) is 13.6 Å². The van der Waals surface area contributed by atoms with Crippen LogP contribution in [0.3, 0.4) is 0 Å². The predicted octanol–water partition coefficient (Wildman–Crippen LogP) is 1.10. The van der Waals surface area contributed by atoms with E-state index in [-0.39, 0.29) is 23.3 Å². The fourth-order valence-corrected chi connectivity index (χ4v) is 1.68. The van der Waals surface area contributed by atoms with E-state index < -0.39 is 5.41 Å². The van der Waals surface area contributed by atoms with Crippen molar-refractivity contribution in [2.75, 3.05) is 20.2 Å². The molecule has 2 N–H and O–H groups in total. The van der Waals surface area contributed by atoms with Crippen molar-refractivity contribution in [3.05, 3.63) is 0 Å². The van der Waals surface area contributed by atoms with Gasteiger partial charge in [-0.2, -0.15) is 0 Å². The average Bonchev–Trinajstić information content (AvgIpc) is 2.34. The van der Waals surface area contributed by atoms with Crippen LogP contribution < -0.4 is 5.73 Å². The average molecular weight is 274 g/mol. The Morgan fingerprint density at radius 2 is 1.94 bits per heavy atom. The molecule has 0 aromatic carbocycles. The van der Waals surface area contributed by atoms with Crippen LogP contribution in [0.4, 0.5) is 0 Å². The lowest BCUT2D eigenvalue weighted by Gasteiger charge is -2.30. The molecule has 0 radical (unpaired) electrons. The second kappa shape index (κ2) is 7.31. The van der Waals surface area contributed by atoms with Crippen molar-refractivity contribution < 1.29 is 14.3 Å². The molecule has 0 saturated carbocycles. The molecule has 0 rings (SSSR count). The second-order valence-electron chi connectivity index (χ2n) is 4.33. The van der Waals surface area contributed by atoms with E-state index in [0.717, 1.165) is 0 Å². The van der Waals surface area contributed by atoms with Gasteiger partial charge in [0.1, 0.15) is 0 Å². The third-order valence-electron chi connectivity index (χ3n) is 3.03. The molecule has 1 unspecified atom stereocenters. The number of nitrogens with zero attached hydrogens (tertiary/aromatic N) is 1. The molecule has 0 aromatic rings. The third-order valence-corrected chi connectivity index (χ3v) is 3.48. The molecular weight excluding hydrogens is 252 g/mol. The van der Waals surface area contributed by atoms with E-state index in [0.29, 0.717) is 19.6 Å². The molecule has 0 saturated heterocycles. The molecule has 0 fully saturated rings. The van der Waals surface area contributed by atoms with Crippen molar-refractivity contribution in [2.45, 2.75) is 33.6 Å². The Morgan fingerprint density at radius 1 is 1.39 bits per heavy atom. The van der Waals surface area contributed by atoms with Crippen LogP contribution in [0.5, 0.6) is 0 Å². The van der Waals surface area contributed by atoms with Crippen LogP contribution in [-0.2, 0) is 14.3 Å². The number of carbonyl (C=O) groups excluding carboxylic acids is 2. The Hall–Kier alpha value is -1.17. The van der Waals surface area contributed by atoms with Crippen LogP contribution in [0.2, 0.25) is 0 Å². The van der Waals surface area contributed by atoms with Crippen molar-refractivity contribution in [1.29, 1.82) is 0 Å². The summed E-state index contributed by atoms with van der Waals surface area (Å²) in [5, 5.41) is 0. The minimum Gasteiger partial charge on any atom is -0.466 e. The number of ether oxygens (including phenoxy) is 1. The minimum atomic E-state index is -0.848. The van der Waals surface area contributed by atoms with Crippen molar-refractivity contribution >= 4 is 29.1 Å². The Labute approximate surface area is 114 Å². The molecule has 104 valence electrons. The van der Waals surface area contributed by atoms with E-state index in [1.807, 2.05) is 6.92 Å². The highest BCUT2D eigenvalue weighted by molar-refractivity contribution is 7.80. The summed E-state index contributed by atoms with van der Waals surface area (Å²) in [4.78, 5) is 25.1. The number of thiocarbonyl (C=S) groups is 1. The van der Waals surface area contributed by atoms with Gasteiger partial charge < -0.3 is 15.4 Å². The molecule has 0 aliphatic rings. The van der Waals surface area contributed by atoms with Crippen LogP contribution in [0, 0.1) is 5.41 Å². The van der Waals surface area contributed by atoms with Gasteiger partial charge in [0.25, 0.3) is 0 Å². The van der Waals surface area contributed by atoms with Crippen LogP contribution in [0.25, 0.3) is 0 Å². The van der Waals surface area contributed by atoms with Crippen molar-refractivity contribution in [1.82, 2.24) is 4.90 Å². The third kappa shape index (κ3) is 4.25. The summed E-state index contributed by atoms with van der Waals surface area (Å²) in [5.41, 5.74) is 4.77. The molecule has 6 heteroatoms. The lowest BCUT2D eigenvalue weighted by Crippen LogP contribution is -2.47. The fraction of sp³-hybridized carbons (Fsp3) is 0.750. The van der Waals surface area contributed by atoms with Gasteiger partial charge in [0.2, 0.25) is 5.91 Å². The zero-order chi connectivity index (χ0) is 14.3. The molecule has 0 spiro atoms. The van der Waals surface area contributed by atoms with Gasteiger partial charge in [-0.15, -0.1) is 0 Å². The van der Waals surface area contributed by atoms with Gasteiger partial charge >= 0.3 is 5.97 Å². The van der Waals surface area contributed by atoms with Gasteiger partial charge in [0.05, 0.1) is 23.4 Å². The molecule has 0 heterocycles. The van der Waals surface area contributed by atoms with E-state index in [4.69, 9.17) is 22.7 Å². The molecule has 18 heavy (non-hydrogen) atoms. The smallest absolute Gasteiger partial charge is 0.307 e. The van der Waals surface area contributed by atoms with Gasteiger partial charge in [-0.1, -0.05) is 19.1 Å². The zero-order valence-corrected chi connectivity index (χ0v) is 12.3. The summed E-state index contributed by atoms with van der Waals surface area (Å²) in [6, 6.07) is 0. The summed E-state index contributed by atoms with van der Waals surface area (Å²) in [6.45, 7) is 5.97. The maximum atomic E-state index is 12.2. The zero-order valence-electron chi connectivity index (χ0n) is 11.5. The lowest BCUT2D eigenvalue weighted by atomic mass is 9.86. The molecule has 5 nitrogen and oxygen atoms in total. The Balaban J connectivity index is 4.51. The van der Waals surface area contributed by atoms with Gasteiger partial charge in [0.15, 0.2) is 0 Å². The van der Waals surface area contributed by atoms with Crippen LogP contribution in [0.15, 0.2) is 0 Å². The van der Waals surface area contributed by atoms with Crippen LogP contribution >= 0.6 is 12.2 Å². The van der Waals surface area contributed by atoms with Crippen molar-refractivity contribution in [3.63, 3.8) is 0 Å². The highest BCUT2D eigenvalue weighted by atomic mass is 32.1. The van der Waals surface area contributed by atoms with E-state index in [9.17, 15) is 9.59 Å². The van der Waals surface area contributed by atoms with Crippen molar-refractivity contribution in [3.8, 4) is 0 Å². The summed E-state index contributed by atoms with van der Waals surface area (Å²) in [5.74, 6) is -0.479. The molecule has 1 atom stereocenters. The number of rotatable bonds is 7. The highest BCUT2D eigenvalue weighted by Gasteiger charge is 2.36. The second-order valence-corrected chi connectivity index (χ2v) is 4.77. The Morgan fingerprint density at radius 3 is 2.33 bits per heavy atom. The van der Waals surface area contributed by atoms with Crippen molar-refractivity contribution in [2.24, 2.45) is 11.1 Å². The standard InChI is InChI=1S/C12H22N2O3S/c1-5-12(3,10(13)18)11(16)14(4)8-7-9(15)17-6-2/h5-8H2,1-4H3,(H2,13,18). The predicted molar refractivity (Wildman–Crippen MR) is 74.1 cm³/mol. The van der Waals surface area contributed by atoms with E-state index in [1.165, 1.54) is 4.90 Å². The number of hydrogen-bond acceptors (Lipinski definition) is 4. The lowest BCUT2D eigenvalue weighted by molar-refractivity contribution is -0.144. The Bertz CT molecular complexity index is 333. The maximum Gasteiger partial charge on any atom is 0.307 e. The first-order valence-electron chi connectivity index (χ1n) is 6.00. The Kier molecular flexibility index (Phi) is 6.83. The normalized spacial score (nSPS) is 13.6. The largest absolute Gasteiger partial charge is 0.466 e. The quantitative estimate of drug-likeness (QED) is 0.556. The first-order valence-corrected chi connectivity index (χ1v) is 6.41. The topological polar surface area (TPSA) is 72.6 Å². The first kappa shape index (κ1) is 16.8. The number of nitrogens with two attached hydrogens (primary N) is 1. The number of amides is 1. The summed E-state index contributed by atoms with van der Waals surface area (Å²) >= 11 is 4.94. The van der Waals surface area contributed by atoms with Gasteiger partial charge in [-0.3, -0.25) is 9.59 Å². The molecule has 1 amide bonds. The summed E-state index contributed by atoms with van der Waals surface area (Å²) < 4.78 is 4.80. The van der Waals surface area contributed by atoms with E-state index in [2.05, 4.69) is 0 Å². The molecular formula is C12H22N2O3S. The monoisotopic (exact) mass is 274 g/mol. The van der Waals surface area contributed by atoms with Crippen LogP contribution in [0.1, 0.15) is 33.6 Å². The fourth-order valence-electron chi connectivity index (χ4n) is 1.45. The van der Waals surface area contributed by atoms with Crippen LogP contribution in [-0.4, -0.2) is 42.0 Å². The molecule has 0 aromatic heterocycles. The molecule has 0 aliphatic heterocycles. The SMILES string of the molecule is CCOC(=O)CCN(C)C(=O)C(C)(CC)C(N)=S. The summed E-state index contributed by atoms with van der Waals surface area (Å²) in [6.07, 6.45) is 0.706. The molecule has 0 aliphatic carbocycles. The number of hydrogen-bond donors (Lipinski definition) is 1. The molecule has 0 bridgehead atoms. The number of esters is 1. The summed E-state index contributed by atoms with van der Waals surface area (Å²) in [7, 11) is 1.63. The highest BCUT2D eigenvalue weighted by Crippen LogP contribution is 2.24. The van der Waals surface area contributed by atoms with Gasteiger partial charge in [-0.05, 0) is 20.3 Å². The van der Waals surface area contributed by atoms with E-state index >= 15 is 0 Å². The maximum absolute atomic E-state index is 12.2. The minimum absolute atomic E-state index is 0.165.